The number of methoxy groups -OCH3 is 1. The fraction of sp³-hybridized carbons (Fsp3) is 0.375. The number of amides is 2. The number of benzene rings is 3. The maximum Gasteiger partial charge on any atom is 0.253 e. The van der Waals surface area contributed by atoms with Gasteiger partial charge in [0.25, 0.3) is 11.8 Å². The molecule has 208 valence electrons. The summed E-state index contributed by atoms with van der Waals surface area (Å²) in [5.41, 5.74) is 3.01. The summed E-state index contributed by atoms with van der Waals surface area (Å²) >= 11 is 0. The zero-order chi connectivity index (χ0) is 28.0. The molecule has 0 spiro atoms. The molecule has 2 atom stereocenters. The lowest BCUT2D eigenvalue weighted by Gasteiger charge is -2.24. The molecule has 3 rings (SSSR count). The van der Waals surface area contributed by atoms with Crippen LogP contribution in [0.25, 0.3) is 0 Å². The molecule has 0 aromatic heterocycles. The topological polar surface area (TPSA) is 95.5 Å². The highest BCUT2D eigenvalue weighted by atomic mass is 16.5. The Hall–Kier alpha value is -3.68. The summed E-state index contributed by atoms with van der Waals surface area (Å²) in [6.45, 7) is 6.55. The van der Waals surface area contributed by atoms with E-state index in [9.17, 15) is 14.7 Å². The van der Waals surface area contributed by atoms with Crippen molar-refractivity contribution in [1.29, 1.82) is 0 Å². The van der Waals surface area contributed by atoms with Crippen molar-refractivity contribution in [1.82, 2.24) is 10.2 Å². The van der Waals surface area contributed by atoms with Crippen LogP contribution >= 0.6 is 0 Å². The standard InChI is InChI=1S/C32H41N3O4/c1-4-17-35(18-5-2)32(38)27-15-10-14-26(21-27)31(37)34-29(20-24-11-7-6-8-12-24)30(36)23-33-22-25-13-9-16-28(19-25)39-3/h6-16,19,21,29-30,33,36H,4-5,17-18,20,22-23H2,1-3H3,(H,34,37)/p+1/t29-,30+/m0/s1. The molecule has 0 bridgehead atoms. The third-order valence-corrected chi connectivity index (χ3v) is 6.65. The number of nitrogens with one attached hydrogen (secondary N) is 1. The van der Waals surface area contributed by atoms with Crippen LogP contribution in [0.15, 0.2) is 78.9 Å². The molecule has 2 amide bonds. The number of quaternary nitrogens is 1. The molecule has 0 heterocycles. The Balaban J connectivity index is 1.71. The molecule has 0 radical (unpaired) electrons. The van der Waals surface area contributed by atoms with E-state index in [2.05, 4.69) is 5.32 Å². The number of carbonyl (C=O) groups is 2. The monoisotopic (exact) mass is 532 g/mol. The Bertz CT molecular complexity index is 1180. The summed E-state index contributed by atoms with van der Waals surface area (Å²) in [6.07, 6.45) is 1.45. The van der Waals surface area contributed by atoms with E-state index in [0.717, 1.165) is 29.7 Å². The van der Waals surface area contributed by atoms with Gasteiger partial charge in [-0.2, -0.15) is 0 Å². The molecule has 7 heteroatoms. The molecule has 39 heavy (non-hydrogen) atoms. The van der Waals surface area contributed by atoms with E-state index >= 15 is 0 Å². The Morgan fingerprint density at radius 2 is 1.56 bits per heavy atom. The van der Waals surface area contributed by atoms with Crippen molar-refractivity contribution in [3.63, 3.8) is 0 Å². The molecule has 0 saturated carbocycles. The van der Waals surface area contributed by atoms with E-state index in [1.54, 1.807) is 31.4 Å². The maximum absolute atomic E-state index is 13.3. The van der Waals surface area contributed by atoms with Crippen LogP contribution in [-0.2, 0) is 13.0 Å². The first-order valence-corrected chi connectivity index (χ1v) is 13.8. The lowest BCUT2D eigenvalue weighted by molar-refractivity contribution is -0.676. The lowest BCUT2D eigenvalue weighted by atomic mass is 10.00. The summed E-state index contributed by atoms with van der Waals surface area (Å²) in [7, 11) is 1.64. The van der Waals surface area contributed by atoms with Gasteiger partial charge in [-0.05, 0) is 55.2 Å². The average Bonchev–Trinajstić information content (AvgIpc) is 2.97. The highest BCUT2D eigenvalue weighted by Gasteiger charge is 2.24. The Morgan fingerprint density at radius 1 is 0.897 bits per heavy atom. The third-order valence-electron chi connectivity index (χ3n) is 6.65. The van der Waals surface area contributed by atoms with Crippen molar-refractivity contribution >= 4 is 11.8 Å². The second kappa shape index (κ2) is 15.7. The molecule has 4 N–H and O–H groups in total. The van der Waals surface area contributed by atoms with Gasteiger partial charge in [-0.15, -0.1) is 0 Å². The van der Waals surface area contributed by atoms with Crippen LogP contribution in [0.2, 0.25) is 0 Å². The Morgan fingerprint density at radius 3 is 2.26 bits per heavy atom. The molecule has 0 unspecified atom stereocenters. The highest BCUT2D eigenvalue weighted by molar-refractivity contribution is 5.99. The molecule has 0 saturated heterocycles. The van der Waals surface area contributed by atoms with Crippen LogP contribution in [0, 0.1) is 0 Å². The van der Waals surface area contributed by atoms with E-state index in [4.69, 9.17) is 4.74 Å². The summed E-state index contributed by atoms with van der Waals surface area (Å²) in [6, 6.07) is 24.0. The molecule has 0 aliphatic carbocycles. The minimum atomic E-state index is -0.783. The zero-order valence-corrected chi connectivity index (χ0v) is 23.3. The molecule has 0 aliphatic heterocycles. The maximum atomic E-state index is 13.3. The number of hydrogen-bond acceptors (Lipinski definition) is 4. The third kappa shape index (κ3) is 9.23. The van der Waals surface area contributed by atoms with Gasteiger partial charge in [0.2, 0.25) is 0 Å². The molecule has 3 aromatic rings. The first-order valence-electron chi connectivity index (χ1n) is 13.8. The molecular formula is C32H42N3O4+. The Labute approximate surface area is 232 Å². The van der Waals surface area contributed by atoms with Crippen LogP contribution in [-0.4, -0.2) is 60.7 Å². The number of aliphatic hydroxyl groups is 1. The minimum Gasteiger partial charge on any atom is -0.497 e. The van der Waals surface area contributed by atoms with Crippen molar-refractivity contribution in [2.24, 2.45) is 0 Å². The van der Waals surface area contributed by atoms with Crippen molar-refractivity contribution in [2.75, 3.05) is 26.7 Å². The van der Waals surface area contributed by atoms with Crippen molar-refractivity contribution in [3.8, 4) is 5.75 Å². The van der Waals surface area contributed by atoms with Crippen LogP contribution in [0.5, 0.6) is 5.75 Å². The summed E-state index contributed by atoms with van der Waals surface area (Å²) in [5, 5.41) is 16.2. The molecule has 3 aromatic carbocycles. The van der Waals surface area contributed by atoms with Crippen LogP contribution in [0.4, 0.5) is 0 Å². The SMILES string of the molecule is CCCN(CCC)C(=O)c1cccc(C(=O)N[C@@H](Cc2ccccc2)[C@H](O)C[NH2+]Cc2cccc(OC)c2)c1. The van der Waals surface area contributed by atoms with Gasteiger partial charge in [0.15, 0.2) is 0 Å². The van der Waals surface area contributed by atoms with Gasteiger partial charge < -0.3 is 25.4 Å². The number of hydrogen-bond donors (Lipinski definition) is 3. The second-order valence-corrected chi connectivity index (χ2v) is 9.79. The van der Waals surface area contributed by atoms with Gasteiger partial charge in [-0.25, -0.2) is 0 Å². The fourth-order valence-corrected chi connectivity index (χ4v) is 4.62. The predicted octanol–water partition coefficient (Wildman–Crippen LogP) is 3.42. The van der Waals surface area contributed by atoms with E-state index in [0.29, 0.717) is 43.7 Å². The summed E-state index contributed by atoms with van der Waals surface area (Å²) in [4.78, 5) is 28.3. The van der Waals surface area contributed by atoms with Crippen LogP contribution < -0.4 is 15.4 Å². The number of rotatable bonds is 15. The van der Waals surface area contributed by atoms with Gasteiger partial charge in [0.05, 0.1) is 13.2 Å². The van der Waals surface area contributed by atoms with E-state index in [-0.39, 0.29) is 11.8 Å². The van der Waals surface area contributed by atoms with Crippen LogP contribution in [0.3, 0.4) is 0 Å². The number of carbonyl (C=O) groups excluding carboxylic acids is 2. The number of nitrogens with zero attached hydrogens (tertiary/aromatic N) is 1. The van der Waals surface area contributed by atoms with E-state index < -0.39 is 12.1 Å². The summed E-state index contributed by atoms with van der Waals surface area (Å²) in [5.74, 6) is 0.417. The molecule has 0 fully saturated rings. The quantitative estimate of drug-likeness (QED) is 0.280. The largest absolute Gasteiger partial charge is 0.497 e. The van der Waals surface area contributed by atoms with Crippen molar-refractivity contribution in [2.45, 2.75) is 51.8 Å². The van der Waals surface area contributed by atoms with E-state index in [1.165, 1.54) is 0 Å². The minimum absolute atomic E-state index is 0.0682. The van der Waals surface area contributed by atoms with Crippen LogP contribution in [0.1, 0.15) is 58.5 Å². The van der Waals surface area contributed by atoms with Crippen molar-refractivity contribution in [3.05, 3.63) is 101 Å². The van der Waals surface area contributed by atoms with Gasteiger partial charge in [-0.1, -0.05) is 62.4 Å². The first-order chi connectivity index (χ1) is 18.9. The Kier molecular flexibility index (Phi) is 12.0. The average molecular weight is 533 g/mol. The normalized spacial score (nSPS) is 12.4. The lowest BCUT2D eigenvalue weighted by Crippen LogP contribution is -2.85. The molecule has 0 aliphatic rings. The summed E-state index contributed by atoms with van der Waals surface area (Å²) < 4.78 is 5.30. The molecule has 7 nitrogen and oxygen atoms in total. The van der Waals surface area contributed by atoms with E-state index in [1.807, 2.05) is 78.7 Å². The zero-order valence-electron chi connectivity index (χ0n) is 23.3. The number of ether oxygens (including phenoxy) is 1. The first kappa shape index (κ1) is 29.9. The van der Waals surface area contributed by atoms with Gasteiger partial charge in [0, 0.05) is 29.8 Å². The fourth-order valence-electron chi connectivity index (χ4n) is 4.62. The second-order valence-electron chi connectivity index (χ2n) is 9.79. The van der Waals surface area contributed by atoms with Gasteiger partial charge in [-0.3, -0.25) is 9.59 Å². The number of aliphatic hydroxyl groups excluding tert-OH is 1. The molecular weight excluding hydrogens is 490 g/mol. The van der Waals surface area contributed by atoms with Crippen molar-refractivity contribution < 1.29 is 24.7 Å². The predicted molar refractivity (Wildman–Crippen MR) is 154 cm³/mol. The smallest absolute Gasteiger partial charge is 0.253 e. The highest BCUT2D eigenvalue weighted by Crippen LogP contribution is 2.13. The van der Waals surface area contributed by atoms with Gasteiger partial charge in [0.1, 0.15) is 24.9 Å². The number of nitrogens with two attached hydrogens (primary N) is 1. The van der Waals surface area contributed by atoms with Gasteiger partial charge >= 0.3 is 0 Å².